The smallest absolute Gasteiger partial charge is 0.744 e. The molecule has 2 aliphatic heterocycles. The number of carbonyl (C=O) groups is 5. The molecule has 0 fully saturated rings. The summed E-state index contributed by atoms with van der Waals surface area (Å²) in [5.41, 5.74) is 16.7. The molecule has 8 bridgehead atoms. The van der Waals surface area contributed by atoms with Crippen molar-refractivity contribution in [2.45, 2.75) is 54.2 Å². The first kappa shape index (κ1) is 102. The molecular weight excluding hydrogens is 1860 g/mol. The van der Waals surface area contributed by atoms with Gasteiger partial charge in [0.25, 0.3) is 29.6 Å². The topological polar surface area (TPSA) is 452 Å². The van der Waals surface area contributed by atoms with Crippen LogP contribution in [-0.4, -0.2) is 96.6 Å². The average molecular weight is 1950 g/mol. The number of carboxylic acid groups (broad SMARTS) is 1. The number of carboxylic acids is 1. The van der Waals surface area contributed by atoms with Crippen molar-refractivity contribution < 1.29 is 116 Å². The van der Waals surface area contributed by atoms with E-state index in [-0.39, 0.29) is 60.3 Å². The Hall–Kier alpha value is -15.5. The van der Waals surface area contributed by atoms with E-state index in [0.717, 1.165) is 29.2 Å². The van der Waals surface area contributed by atoms with Crippen LogP contribution >= 0.6 is 0 Å². The van der Waals surface area contributed by atoms with Gasteiger partial charge in [-0.3, -0.25) is 24.0 Å². The van der Waals surface area contributed by atoms with Crippen molar-refractivity contribution in [2.75, 3.05) is 21.3 Å². The number of aliphatic carboxylic acids is 1. The fourth-order valence-corrected chi connectivity index (χ4v) is 15.5. The number of aromatic nitrogens is 8. The van der Waals surface area contributed by atoms with Crippen molar-refractivity contribution >= 4 is 139 Å². The number of hydrogen-bond acceptors (Lipinski definition) is 19. The summed E-state index contributed by atoms with van der Waals surface area (Å²) in [6, 6.07) is 75.2. The number of anilines is 4. The molecule has 0 saturated carbocycles. The SMILES string of the molecule is CC(=O)O.C[n+]1ccc(C(=O)Nc2ccccc2-c2c3nc(c(-c4ccccc4NC(=O)c4cc[n+](C)cc4)c4ccc([n-]4)c(-c4ccccc4NC(=O)c4cc[n+](C)cc4)c4nc(c(-c5ccccc5NC(=O)c5cc[n+](C)cc5)c5ccc2[n-]5)C=C4)C=C3)cc1.Cc1ccc(S(=O)(=O)[O-])cc1.Cc1ccc(S(=O)(=O)[O-])cc1.Cc1ccc(S(=O)(=O)[O-])cc1.Cc1ccc(S(=O)(=O)[O-])cc1.[Mn+2]. The molecule has 0 spiro atoms. The van der Waals surface area contributed by atoms with E-state index in [1.807, 2.05) is 269 Å². The van der Waals surface area contributed by atoms with E-state index in [1.54, 1.807) is 97.1 Å². The Bertz CT molecular complexity index is 6870. The van der Waals surface area contributed by atoms with Crippen LogP contribution in [0.5, 0.6) is 0 Å². The number of hydrogen-bond donors (Lipinski definition) is 5. The van der Waals surface area contributed by atoms with Crippen LogP contribution in [0.25, 0.3) is 90.9 Å². The van der Waals surface area contributed by atoms with Gasteiger partial charge in [0.05, 0.1) is 64.6 Å². The molecule has 9 heterocycles. The fraction of sp³-hybridized carbons (Fsp3) is 0.0882. The van der Waals surface area contributed by atoms with Crippen LogP contribution in [0.15, 0.2) is 336 Å². The number of carbonyl (C=O) groups excluding carboxylic acids is 4. The zero-order valence-corrected chi connectivity index (χ0v) is 79.3. The molecule has 137 heavy (non-hydrogen) atoms. The number of benzene rings is 8. The summed E-state index contributed by atoms with van der Waals surface area (Å²) in [4.78, 5) is 87.1. The van der Waals surface area contributed by atoms with Gasteiger partial charge in [0.2, 0.25) is 0 Å². The minimum absolute atomic E-state index is 0. The maximum atomic E-state index is 14.2. The van der Waals surface area contributed by atoms with Crippen LogP contribution < -0.4 is 49.5 Å². The minimum Gasteiger partial charge on any atom is -0.744 e. The van der Waals surface area contributed by atoms with Crippen molar-refractivity contribution in [1.29, 1.82) is 0 Å². The number of fused-ring (bicyclic) bond motifs is 8. The molecule has 695 valence electrons. The summed E-state index contributed by atoms with van der Waals surface area (Å²) in [5.74, 6) is -2.08. The second-order valence-electron chi connectivity index (χ2n) is 31.0. The molecule has 8 aromatic carbocycles. The number of para-hydroxylation sites is 4. The van der Waals surface area contributed by atoms with Gasteiger partial charge in [-0.15, -0.1) is 22.1 Å². The molecule has 0 unspecified atom stereocenters. The third kappa shape index (κ3) is 27.4. The van der Waals surface area contributed by atoms with Crippen molar-refractivity contribution in [3.05, 3.63) is 384 Å². The van der Waals surface area contributed by atoms with Gasteiger partial charge < -0.3 is 54.6 Å². The number of amides is 4. The third-order valence-electron chi connectivity index (χ3n) is 20.6. The number of nitrogens with one attached hydrogen (secondary N) is 4. The molecule has 5 N–H and O–H groups in total. The van der Waals surface area contributed by atoms with Gasteiger partial charge in [-0.05, 0) is 147 Å². The van der Waals surface area contributed by atoms with Crippen molar-refractivity contribution in [1.82, 2.24) is 19.9 Å². The van der Waals surface area contributed by atoms with Crippen LogP contribution in [0.2, 0.25) is 0 Å². The van der Waals surface area contributed by atoms with Gasteiger partial charge in [-0.25, -0.2) is 61.9 Å². The van der Waals surface area contributed by atoms with Crippen LogP contribution in [0.4, 0.5) is 22.7 Å². The molecule has 1 radical (unpaired) electrons. The Kier molecular flexibility index (Phi) is 33.5. The molecule has 0 saturated heterocycles. The molecule has 35 heteroatoms. The molecule has 7 aromatic heterocycles. The molecule has 17 rings (SSSR count). The summed E-state index contributed by atoms with van der Waals surface area (Å²) < 4.78 is 132. The van der Waals surface area contributed by atoms with Crippen molar-refractivity contribution in [2.24, 2.45) is 28.2 Å². The van der Waals surface area contributed by atoms with E-state index in [2.05, 4.69) is 21.3 Å². The molecule has 4 amide bonds. The van der Waals surface area contributed by atoms with E-state index < -0.39 is 46.4 Å². The molecule has 2 aliphatic rings. The van der Waals surface area contributed by atoms with E-state index in [0.29, 0.717) is 134 Å². The monoisotopic (exact) mass is 1950 g/mol. The zero-order valence-electron chi connectivity index (χ0n) is 74.8. The fourth-order valence-electron chi connectivity index (χ4n) is 13.6. The standard InChI is InChI=1S/C72H54N12O4.4C7H8O3S.C2H4O2.Mn/c1-81-37-29-45(30-38-81)69(85)77-53-17-9-5-13-49(53)65-57-21-23-59(73-57)66(50-14-6-10-18-54(50)78-70(86)46-31-39-82(2)40-32-46)61-25-27-63(75-61)68(52-16-8-12-20-56(52)80-72(88)48-35-43-84(4)44-36-48)64-28-26-62(76-64)67(60-24-22-58(65)74-60)51-15-7-11-19-55(51)79-71(87)47-33-41-83(3)42-34-47;4*1-6-2-4-7(5-3-6)11(8,9)10;1-2(3)4;/h5-44H,1-4H3,(H2-3,73,74,75,76,77,78,79,80,85,86,87,88);4*2-5H,1H3,(H,8,9,10);1H3,(H,3,4);/q;;;;;;+2/p-2. The first-order valence-corrected chi connectivity index (χ1v) is 47.1. The maximum absolute atomic E-state index is 14.2. The number of nitrogens with zero attached hydrogens (tertiary/aromatic N) is 8. The Labute approximate surface area is 801 Å². The van der Waals surface area contributed by atoms with Gasteiger partial charge >= 0.3 is 17.1 Å². The molecule has 0 atom stereocenters. The van der Waals surface area contributed by atoms with Gasteiger partial charge in [-0.1, -0.05) is 168 Å². The summed E-state index contributed by atoms with van der Waals surface area (Å²) in [7, 11) is -9.51. The Morgan fingerprint density at radius 2 is 0.453 bits per heavy atom. The first-order valence-electron chi connectivity index (χ1n) is 41.4. The maximum Gasteiger partial charge on any atom is 2.00 e. The quantitative estimate of drug-likeness (QED) is 0.0341. The molecular formula is C102H88MnN12O18S4. The molecule has 0 aliphatic carbocycles. The Morgan fingerprint density at radius 3 is 0.620 bits per heavy atom. The van der Waals surface area contributed by atoms with Crippen LogP contribution in [-0.2, 0) is 90.5 Å². The van der Waals surface area contributed by atoms with Crippen molar-refractivity contribution in [3.8, 4) is 44.5 Å². The van der Waals surface area contributed by atoms with Crippen LogP contribution in [0.1, 0.15) is 93.4 Å². The summed E-state index contributed by atoms with van der Waals surface area (Å²) in [5, 5.41) is 20.2. The van der Waals surface area contributed by atoms with Gasteiger partial charge in [-0.2, -0.15) is 0 Å². The normalized spacial score (nSPS) is 11.2. The van der Waals surface area contributed by atoms with E-state index in [1.165, 1.54) is 48.5 Å². The second kappa shape index (κ2) is 45.0. The predicted octanol–water partition coefficient (Wildman–Crippen LogP) is 14.6. The molecule has 30 nitrogen and oxygen atoms in total. The number of pyridine rings is 4. The van der Waals surface area contributed by atoms with Gasteiger partial charge in [0, 0.05) is 100 Å². The number of aryl methyl sites for hydroxylation is 8. The third-order valence-corrected chi connectivity index (χ3v) is 24.0. The van der Waals surface area contributed by atoms with Crippen LogP contribution in [0, 0.1) is 27.7 Å². The largest absolute Gasteiger partial charge is 2.00 e. The van der Waals surface area contributed by atoms with E-state index in [9.17, 15) is 71.1 Å². The Balaban J connectivity index is 0.000000296. The average Bonchev–Trinajstić information content (AvgIpc) is 1.60. The summed E-state index contributed by atoms with van der Waals surface area (Å²) in [6.45, 7) is 8.37. The van der Waals surface area contributed by atoms with Crippen LogP contribution in [0.3, 0.4) is 0 Å². The predicted molar refractivity (Wildman–Crippen MR) is 511 cm³/mol. The minimum atomic E-state index is -4.27. The Morgan fingerprint density at radius 1 is 0.285 bits per heavy atom. The summed E-state index contributed by atoms with van der Waals surface area (Å²) in [6.07, 6.45) is 22.3. The zero-order chi connectivity index (χ0) is 97.9. The molecule has 15 aromatic rings. The van der Waals surface area contributed by atoms with Gasteiger partial charge in [0.15, 0.2) is 49.6 Å². The summed E-state index contributed by atoms with van der Waals surface area (Å²) >= 11 is 0. The first-order chi connectivity index (χ1) is 64.6. The van der Waals surface area contributed by atoms with Crippen molar-refractivity contribution in [3.63, 3.8) is 0 Å². The number of rotatable bonds is 16. The second-order valence-corrected chi connectivity index (χ2v) is 36.5. The van der Waals surface area contributed by atoms with E-state index in [4.69, 9.17) is 29.8 Å². The van der Waals surface area contributed by atoms with Gasteiger partial charge in [0.1, 0.15) is 68.7 Å². The van der Waals surface area contributed by atoms with E-state index >= 15 is 0 Å².